The van der Waals surface area contributed by atoms with Crippen LogP contribution in [-0.4, -0.2) is 0 Å². The zero-order valence-corrected chi connectivity index (χ0v) is 14.2. The van der Waals surface area contributed by atoms with Gasteiger partial charge in [-0.15, -0.1) is 0 Å². The summed E-state index contributed by atoms with van der Waals surface area (Å²) in [5.74, 6) is 0. The zero-order valence-electron chi connectivity index (χ0n) is 10.2. The molecule has 0 N–H and O–H groups in total. The predicted octanol–water partition coefficient (Wildman–Crippen LogP) is 6.02. The van der Waals surface area contributed by atoms with Gasteiger partial charge in [0.25, 0.3) is 0 Å². The van der Waals surface area contributed by atoms with E-state index in [-0.39, 0.29) is 5.30 Å². The quantitative estimate of drug-likeness (QED) is 0.527. The van der Waals surface area contributed by atoms with E-state index < -0.39 is 17.1 Å². The smallest absolute Gasteiger partial charge is 0.166 e. The fourth-order valence-corrected chi connectivity index (χ4v) is 4.31. The van der Waals surface area contributed by atoms with E-state index in [1.165, 1.54) is 6.07 Å². The average Bonchev–Trinajstić information content (AvgIpc) is 2.38. The predicted molar refractivity (Wildman–Crippen MR) is 85.1 cm³/mol. The van der Waals surface area contributed by atoms with Crippen molar-refractivity contribution in [3.05, 3.63) is 65.2 Å². The Morgan fingerprint density at radius 2 is 1.55 bits per heavy atom. The highest BCUT2D eigenvalue weighted by Gasteiger charge is 2.34. The Bertz CT molecular complexity index is 583. The van der Waals surface area contributed by atoms with Crippen molar-refractivity contribution in [3.8, 4) is 0 Å². The molecule has 2 rings (SSSR count). The second kappa shape index (κ2) is 6.59. The van der Waals surface area contributed by atoms with Crippen LogP contribution in [0.1, 0.15) is 16.7 Å². The van der Waals surface area contributed by atoms with Crippen molar-refractivity contribution in [2.45, 2.75) is 12.6 Å². The number of hydrogen-bond donors (Lipinski definition) is 0. The fourth-order valence-electron chi connectivity index (χ4n) is 1.90. The zero-order chi connectivity index (χ0) is 14.8. The number of halogens is 5. The first-order valence-electron chi connectivity index (χ1n) is 5.73. The van der Waals surface area contributed by atoms with Crippen LogP contribution in [0.25, 0.3) is 0 Å². The molecule has 0 saturated carbocycles. The van der Waals surface area contributed by atoms with E-state index >= 15 is 0 Å². The molecule has 0 radical (unpaired) electrons. The molecule has 0 heterocycles. The van der Waals surface area contributed by atoms with Crippen LogP contribution in [-0.2, 0) is 12.6 Å². The van der Waals surface area contributed by atoms with E-state index in [1.54, 1.807) is 6.07 Å². The highest BCUT2D eigenvalue weighted by molar-refractivity contribution is 9.70. The standard InChI is InChI=1S/C14H10Br2F3P/c15-20(16)13-9-11(6-7-12(13)14(17,18)19)8-10-4-2-1-3-5-10/h1-7,9H,8H2. The molecule has 0 aliphatic rings. The maximum Gasteiger partial charge on any atom is 0.417 e. The third-order valence-corrected chi connectivity index (χ3v) is 5.83. The first-order chi connectivity index (χ1) is 9.38. The molecule has 0 spiro atoms. The number of rotatable bonds is 3. The summed E-state index contributed by atoms with van der Waals surface area (Å²) in [6.45, 7) is 0. The number of hydrogen-bond acceptors (Lipinski definition) is 0. The third-order valence-electron chi connectivity index (χ3n) is 2.80. The van der Waals surface area contributed by atoms with Gasteiger partial charge >= 0.3 is 6.18 Å². The van der Waals surface area contributed by atoms with Gasteiger partial charge in [0, 0.05) is 5.30 Å². The highest BCUT2D eigenvalue weighted by atomic mass is 79.9. The molecular weight excluding hydrogens is 416 g/mol. The number of alkyl halides is 3. The molecule has 6 heteroatoms. The summed E-state index contributed by atoms with van der Waals surface area (Å²) >= 11 is 6.45. The fraction of sp³-hybridized carbons (Fsp3) is 0.143. The summed E-state index contributed by atoms with van der Waals surface area (Å²) in [6, 6.07) is 14.0. The Morgan fingerprint density at radius 3 is 2.10 bits per heavy atom. The third kappa shape index (κ3) is 4.06. The molecule has 0 fully saturated rings. The van der Waals surface area contributed by atoms with Gasteiger partial charge in [-0.1, -0.05) is 36.4 Å². The SMILES string of the molecule is FC(F)(F)c1ccc(Cc2ccccc2)cc1P(Br)Br. The van der Waals surface area contributed by atoms with E-state index in [4.69, 9.17) is 0 Å². The van der Waals surface area contributed by atoms with Crippen LogP contribution in [0.2, 0.25) is 0 Å². The van der Waals surface area contributed by atoms with E-state index in [0.29, 0.717) is 6.42 Å². The molecule has 20 heavy (non-hydrogen) atoms. The Hall–Kier alpha value is -0.380. The monoisotopic (exact) mass is 424 g/mol. The van der Waals surface area contributed by atoms with Crippen LogP contribution in [0.4, 0.5) is 13.2 Å². The maximum atomic E-state index is 12.9. The molecule has 0 aliphatic heterocycles. The van der Waals surface area contributed by atoms with E-state index in [2.05, 4.69) is 31.0 Å². The lowest BCUT2D eigenvalue weighted by Gasteiger charge is -2.15. The van der Waals surface area contributed by atoms with Crippen LogP contribution >= 0.6 is 36.3 Å². The second-order valence-electron chi connectivity index (χ2n) is 4.24. The Balaban J connectivity index is 2.36. The molecular formula is C14H10Br2F3P. The van der Waals surface area contributed by atoms with Gasteiger partial charge in [0.05, 0.1) is 10.9 Å². The van der Waals surface area contributed by atoms with Crippen molar-refractivity contribution in [2.24, 2.45) is 0 Å². The lowest BCUT2D eigenvalue weighted by molar-refractivity contribution is -0.136. The highest BCUT2D eigenvalue weighted by Crippen LogP contribution is 2.53. The maximum absolute atomic E-state index is 12.9. The van der Waals surface area contributed by atoms with Gasteiger partial charge in [0.2, 0.25) is 0 Å². The Morgan fingerprint density at radius 1 is 0.900 bits per heavy atom. The largest absolute Gasteiger partial charge is 0.417 e. The average molecular weight is 426 g/mol. The van der Waals surface area contributed by atoms with Gasteiger partial charge in [-0.25, -0.2) is 0 Å². The van der Waals surface area contributed by atoms with Crippen molar-refractivity contribution in [2.75, 3.05) is 0 Å². The van der Waals surface area contributed by atoms with Crippen LogP contribution in [0, 0.1) is 0 Å². The Kier molecular flexibility index (Phi) is 5.27. The van der Waals surface area contributed by atoms with E-state index in [0.717, 1.165) is 17.2 Å². The summed E-state index contributed by atoms with van der Waals surface area (Å²) in [7, 11) is 0. The molecule has 2 aromatic carbocycles. The van der Waals surface area contributed by atoms with Crippen LogP contribution in [0.15, 0.2) is 48.5 Å². The first-order valence-corrected chi connectivity index (χ1v) is 11.1. The minimum absolute atomic E-state index is 0.265. The molecule has 0 bridgehead atoms. The summed E-state index contributed by atoms with van der Waals surface area (Å²) in [6.07, 6.45) is -3.71. The molecule has 0 nitrogen and oxygen atoms in total. The van der Waals surface area contributed by atoms with E-state index in [9.17, 15) is 13.2 Å². The second-order valence-corrected chi connectivity index (χ2v) is 12.3. The van der Waals surface area contributed by atoms with Gasteiger partial charge in [-0.3, -0.25) is 0 Å². The van der Waals surface area contributed by atoms with Crippen molar-refractivity contribution in [3.63, 3.8) is 0 Å². The van der Waals surface area contributed by atoms with E-state index in [1.807, 2.05) is 30.3 Å². The van der Waals surface area contributed by atoms with Crippen molar-refractivity contribution in [1.29, 1.82) is 0 Å². The summed E-state index contributed by atoms with van der Waals surface area (Å²) < 4.78 is 38.8. The number of benzene rings is 2. The molecule has 0 saturated heterocycles. The summed E-state index contributed by atoms with van der Waals surface area (Å²) in [5.41, 5.74) is 1.35. The van der Waals surface area contributed by atoms with Crippen LogP contribution in [0.3, 0.4) is 0 Å². The molecule has 106 valence electrons. The van der Waals surface area contributed by atoms with Gasteiger partial charge in [-0.05, 0) is 60.7 Å². The topological polar surface area (TPSA) is 0 Å². The molecule has 2 aromatic rings. The Labute approximate surface area is 132 Å². The summed E-state index contributed by atoms with van der Waals surface area (Å²) in [4.78, 5) is 0. The van der Waals surface area contributed by atoms with Gasteiger partial charge in [-0.2, -0.15) is 13.2 Å². The minimum Gasteiger partial charge on any atom is -0.166 e. The van der Waals surface area contributed by atoms with Gasteiger partial charge in [0.1, 0.15) is 0 Å². The first kappa shape index (κ1) is 16.0. The minimum atomic E-state index is -4.33. The summed E-state index contributed by atoms with van der Waals surface area (Å²) in [5, 5.41) is -0.902. The lowest BCUT2D eigenvalue weighted by atomic mass is 10.0. The van der Waals surface area contributed by atoms with Crippen molar-refractivity contribution >= 4 is 41.6 Å². The van der Waals surface area contributed by atoms with Crippen LogP contribution < -0.4 is 5.30 Å². The lowest BCUT2D eigenvalue weighted by Crippen LogP contribution is -2.17. The normalized spacial score (nSPS) is 11.9. The van der Waals surface area contributed by atoms with Crippen LogP contribution in [0.5, 0.6) is 0 Å². The molecule has 0 aromatic heterocycles. The molecule has 0 unspecified atom stereocenters. The van der Waals surface area contributed by atoms with Crippen molar-refractivity contribution < 1.29 is 13.2 Å². The molecule has 0 atom stereocenters. The van der Waals surface area contributed by atoms with Gasteiger partial charge < -0.3 is 0 Å². The molecule has 0 amide bonds. The molecule has 0 aliphatic carbocycles. The van der Waals surface area contributed by atoms with Crippen molar-refractivity contribution in [1.82, 2.24) is 0 Å². The van der Waals surface area contributed by atoms with Gasteiger partial charge in [0.15, 0.2) is 0 Å².